The van der Waals surface area contributed by atoms with E-state index in [1.807, 2.05) is 7.05 Å². The summed E-state index contributed by atoms with van der Waals surface area (Å²) in [7, 11) is 6.01. The van der Waals surface area contributed by atoms with Gasteiger partial charge in [0.05, 0.1) is 6.10 Å². The van der Waals surface area contributed by atoms with Gasteiger partial charge in [-0.2, -0.15) is 0 Å². The minimum Gasteiger partial charge on any atom is -0.377 e. The molecule has 0 saturated carbocycles. The van der Waals surface area contributed by atoms with Gasteiger partial charge in [0, 0.05) is 39.2 Å². The van der Waals surface area contributed by atoms with Gasteiger partial charge in [0.1, 0.15) is 0 Å². The van der Waals surface area contributed by atoms with E-state index in [2.05, 4.69) is 79.7 Å². The molecule has 2 unspecified atom stereocenters. The molecule has 0 aliphatic carbocycles. The third-order valence-electron chi connectivity index (χ3n) is 5.04. The predicted molar refractivity (Wildman–Crippen MR) is 114 cm³/mol. The van der Waals surface area contributed by atoms with Crippen LogP contribution in [0.4, 0.5) is 0 Å². The number of hydrogen-bond acceptors (Lipinski definition) is 3. The number of guanidine groups is 1. The molecule has 0 spiro atoms. The highest BCUT2D eigenvalue weighted by atomic mass is 16.5. The fraction of sp³-hybridized carbons (Fsp3) is 0.682. The number of nitrogens with zero attached hydrogens (tertiary/aromatic N) is 2. The van der Waals surface area contributed by atoms with Crippen LogP contribution in [-0.4, -0.2) is 51.3 Å². The number of nitrogens with one attached hydrogen (secondary N) is 2. The van der Waals surface area contributed by atoms with Crippen LogP contribution in [-0.2, 0) is 17.8 Å². The highest BCUT2D eigenvalue weighted by Crippen LogP contribution is 2.33. The average molecular weight is 375 g/mol. The Morgan fingerprint density at radius 1 is 1.15 bits per heavy atom. The molecule has 0 amide bonds. The molecule has 0 aromatic heterocycles. The largest absolute Gasteiger partial charge is 0.377 e. The summed E-state index contributed by atoms with van der Waals surface area (Å²) < 4.78 is 6.09. The molecule has 1 aromatic rings. The minimum absolute atomic E-state index is 0.165. The van der Waals surface area contributed by atoms with E-state index in [4.69, 9.17) is 4.74 Å². The minimum atomic E-state index is 0.165. The van der Waals surface area contributed by atoms with Gasteiger partial charge in [-0.25, -0.2) is 0 Å². The van der Waals surface area contributed by atoms with E-state index >= 15 is 0 Å². The Bertz CT molecular complexity index is 589. The lowest BCUT2D eigenvalue weighted by Crippen LogP contribution is -2.47. The summed E-state index contributed by atoms with van der Waals surface area (Å²) in [6, 6.07) is 8.76. The highest BCUT2D eigenvalue weighted by molar-refractivity contribution is 5.79. The maximum Gasteiger partial charge on any atom is 0.191 e. The second kappa shape index (κ2) is 10.1. The lowest BCUT2D eigenvalue weighted by Gasteiger charge is -2.40. The predicted octanol–water partition coefficient (Wildman–Crippen LogP) is 3.25. The first-order chi connectivity index (χ1) is 12.8. The molecule has 0 bridgehead atoms. The summed E-state index contributed by atoms with van der Waals surface area (Å²) in [5.74, 6) is 1.37. The Hall–Kier alpha value is -1.59. The molecule has 5 heteroatoms. The molecule has 27 heavy (non-hydrogen) atoms. The van der Waals surface area contributed by atoms with Crippen LogP contribution in [0.2, 0.25) is 0 Å². The molecule has 1 saturated heterocycles. The van der Waals surface area contributed by atoms with Crippen molar-refractivity contribution in [3.05, 3.63) is 35.4 Å². The molecule has 2 atom stereocenters. The van der Waals surface area contributed by atoms with Crippen molar-refractivity contribution in [2.75, 3.05) is 34.3 Å². The van der Waals surface area contributed by atoms with Gasteiger partial charge < -0.3 is 20.3 Å². The van der Waals surface area contributed by atoms with Gasteiger partial charge in [-0.15, -0.1) is 0 Å². The zero-order chi connectivity index (χ0) is 19.9. The number of aliphatic imine (C=N–C) groups is 1. The first kappa shape index (κ1) is 21.7. The molecular weight excluding hydrogens is 336 g/mol. The summed E-state index contributed by atoms with van der Waals surface area (Å²) in [5, 5.41) is 6.93. The van der Waals surface area contributed by atoms with Crippen molar-refractivity contribution in [1.29, 1.82) is 0 Å². The molecule has 0 radical (unpaired) electrons. The second-order valence-electron chi connectivity index (χ2n) is 8.92. The van der Waals surface area contributed by atoms with Crippen molar-refractivity contribution in [3.8, 4) is 0 Å². The summed E-state index contributed by atoms with van der Waals surface area (Å²) >= 11 is 0. The van der Waals surface area contributed by atoms with Crippen molar-refractivity contribution in [1.82, 2.24) is 15.5 Å². The van der Waals surface area contributed by atoms with E-state index in [1.165, 1.54) is 17.5 Å². The van der Waals surface area contributed by atoms with Crippen molar-refractivity contribution in [2.24, 2.45) is 16.3 Å². The third kappa shape index (κ3) is 7.15. The van der Waals surface area contributed by atoms with Crippen LogP contribution in [0, 0.1) is 11.3 Å². The fourth-order valence-corrected chi connectivity index (χ4v) is 3.77. The smallest absolute Gasteiger partial charge is 0.191 e. The summed E-state index contributed by atoms with van der Waals surface area (Å²) in [6.07, 6.45) is 2.64. The molecule has 1 aliphatic heterocycles. The lowest BCUT2D eigenvalue weighted by atomic mass is 9.78. The number of rotatable bonds is 6. The van der Waals surface area contributed by atoms with Gasteiger partial charge >= 0.3 is 0 Å². The van der Waals surface area contributed by atoms with Crippen molar-refractivity contribution in [2.45, 2.75) is 52.8 Å². The standard InChI is InChI=1S/C22H38N4O/c1-22(2,3)20-19(8-7-13-27-20)15-25-21(23-4)24-14-17-9-11-18(12-10-17)16-26(5)6/h9-12,19-20H,7-8,13-16H2,1-6H3,(H2,23,24,25). The molecule has 2 rings (SSSR count). The van der Waals surface area contributed by atoms with Crippen molar-refractivity contribution in [3.63, 3.8) is 0 Å². The Labute approximate surface area is 165 Å². The van der Waals surface area contributed by atoms with Gasteiger partial charge in [-0.3, -0.25) is 4.99 Å². The zero-order valence-corrected chi connectivity index (χ0v) is 18.0. The zero-order valence-electron chi connectivity index (χ0n) is 18.0. The molecule has 152 valence electrons. The molecule has 1 fully saturated rings. The quantitative estimate of drug-likeness (QED) is 0.593. The number of benzene rings is 1. The Kier molecular flexibility index (Phi) is 8.11. The van der Waals surface area contributed by atoms with Gasteiger partial charge in [-0.05, 0) is 43.5 Å². The Morgan fingerprint density at radius 2 is 1.81 bits per heavy atom. The molecule has 5 nitrogen and oxygen atoms in total. The highest BCUT2D eigenvalue weighted by Gasteiger charge is 2.35. The summed E-state index contributed by atoms with van der Waals surface area (Å²) in [4.78, 5) is 6.56. The average Bonchev–Trinajstić information content (AvgIpc) is 2.62. The van der Waals surface area contributed by atoms with E-state index < -0.39 is 0 Å². The normalized spacial score (nSPS) is 21.4. The lowest BCUT2D eigenvalue weighted by molar-refractivity contribution is -0.0835. The summed E-state index contributed by atoms with van der Waals surface area (Å²) in [5.41, 5.74) is 2.75. The van der Waals surface area contributed by atoms with Crippen LogP contribution >= 0.6 is 0 Å². The second-order valence-corrected chi connectivity index (χ2v) is 8.92. The molecule has 2 N–H and O–H groups in total. The van der Waals surface area contributed by atoms with Crippen LogP contribution < -0.4 is 10.6 Å². The maximum atomic E-state index is 6.09. The van der Waals surface area contributed by atoms with Crippen molar-refractivity contribution < 1.29 is 4.74 Å². The molecule has 1 aliphatic rings. The Morgan fingerprint density at radius 3 is 2.41 bits per heavy atom. The van der Waals surface area contributed by atoms with Gasteiger partial charge in [0.2, 0.25) is 0 Å². The molecule has 1 aromatic carbocycles. The van der Waals surface area contributed by atoms with Gasteiger partial charge in [0.15, 0.2) is 5.96 Å². The van der Waals surface area contributed by atoms with E-state index in [9.17, 15) is 0 Å². The number of ether oxygens (including phenoxy) is 1. The summed E-state index contributed by atoms with van der Waals surface area (Å²) in [6.45, 7) is 10.3. The van der Waals surface area contributed by atoms with Gasteiger partial charge in [-0.1, -0.05) is 45.0 Å². The fourth-order valence-electron chi connectivity index (χ4n) is 3.77. The van der Waals surface area contributed by atoms with Crippen LogP contribution in [0.1, 0.15) is 44.7 Å². The van der Waals surface area contributed by atoms with E-state index in [1.54, 1.807) is 0 Å². The first-order valence-corrected chi connectivity index (χ1v) is 10.1. The maximum absolute atomic E-state index is 6.09. The third-order valence-corrected chi connectivity index (χ3v) is 5.04. The number of hydrogen-bond donors (Lipinski definition) is 2. The monoisotopic (exact) mass is 374 g/mol. The topological polar surface area (TPSA) is 48.9 Å². The van der Waals surface area contributed by atoms with Gasteiger partial charge in [0.25, 0.3) is 0 Å². The van der Waals surface area contributed by atoms with Crippen LogP contribution in [0.5, 0.6) is 0 Å². The van der Waals surface area contributed by atoms with Crippen LogP contribution in [0.3, 0.4) is 0 Å². The van der Waals surface area contributed by atoms with E-state index in [0.717, 1.165) is 38.6 Å². The van der Waals surface area contributed by atoms with E-state index in [0.29, 0.717) is 12.0 Å². The van der Waals surface area contributed by atoms with Crippen molar-refractivity contribution >= 4 is 5.96 Å². The first-order valence-electron chi connectivity index (χ1n) is 10.1. The van der Waals surface area contributed by atoms with Crippen LogP contribution in [0.25, 0.3) is 0 Å². The SMILES string of the molecule is CN=C(NCc1ccc(CN(C)C)cc1)NCC1CCCOC1C(C)(C)C. The molecule has 1 heterocycles. The molecular formula is C22H38N4O. The Balaban J connectivity index is 1.83. The van der Waals surface area contributed by atoms with Crippen LogP contribution in [0.15, 0.2) is 29.3 Å². The van der Waals surface area contributed by atoms with E-state index in [-0.39, 0.29) is 5.41 Å².